The van der Waals surface area contributed by atoms with E-state index < -0.39 is 11.6 Å². The van der Waals surface area contributed by atoms with Crippen LogP contribution in [0.5, 0.6) is 11.5 Å². The Kier molecular flexibility index (Phi) is 20.1. The molecule has 0 saturated carbocycles. The molecular formula is C41H57N7O4. The molecule has 52 heavy (non-hydrogen) atoms. The first-order chi connectivity index (χ1) is 25.4. The largest absolute Gasteiger partial charge is 0.507 e. The first-order valence-corrected chi connectivity index (χ1v) is 18.9. The van der Waals surface area contributed by atoms with Crippen LogP contribution in [-0.2, 0) is 0 Å². The van der Waals surface area contributed by atoms with E-state index in [1.165, 1.54) is 114 Å². The summed E-state index contributed by atoms with van der Waals surface area (Å²) in [4.78, 5) is 38.6. The lowest BCUT2D eigenvalue weighted by molar-refractivity contribution is 0.102. The summed E-state index contributed by atoms with van der Waals surface area (Å²) >= 11 is 0. The van der Waals surface area contributed by atoms with Crippen molar-refractivity contribution in [3.8, 4) is 11.5 Å². The van der Waals surface area contributed by atoms with Gasteiger partial charge in [-0.2, -0.15) is 15.5 Å². The Morgan fingerprint density at radius 3 is 1.37 bits per heavy atom. The molecule has 0 spiro atoms. The van der Waals surface area contributed by atoms with Crippen LogP contribution in [0, 0.1) is 0 Å². The average Bonchev–Trinajstić information content (AvgIpc) is 3.16. The highest BCUT2D eigenvalue weighted by Crippen LogP contribution is 2.21. The molecule has 0 fully saturated rings. The number of nitrogens with two attached hydrogens (primary N) is 1. The van der Waals surface area contributed by atoms with E-state index in [-0.39, 0.29) is 40.2 Å². The first kappa shape index (κ1) is 41.5. The fraction of sp³-hybridized carbons (Fsp3) is 0.439. The van der Waals surface area contributed by atoms with Crippen LogP contribution in [0.2, 0.25) is 0 Å². The third-order valence-electron chi connectivity index (χ3n) is 8.56. The minimum atomic E-state index is -0.675. The van der Waals surface area contributed by atoms with Gasteiger partial charge in [0.25, 0.3) is 0 Å². The van der Waals surface area contributed by atoms with Crippen molar-refractivity contribution in [1.82, 2.24) is 25.9 Å². The van der Waals surface area contributed by atoms with E-state index in [1.54, 1.807) is 24.3 Å². The van der Waals surface area contributed by atoms with Gasteiger partial charge in [-0.05, 0) is 42.8 Å². The molecule has 0 radical (unpaired) electrons. The number of anilines is 2. The van der Waals surface area contributed by atoms with Crippen LogP contribution in [0.1, 0.15) is 142 Å². The molecule has 0 unspecified atom stereocenters. The number of nitrogens with zero attached hydrogens (tertiary/aromatic N) is 3. The number of phenols is 2. The van der Waals surface area contributed by atoms with Crippen LogP contribution in [0.25, 0.3) is 0 Å². The van der Waals surface area contributed by atoms with Crippen molar-refractivity contribution in [2.75, 3.05) is 17.7 Å². The fourth-order valence-electron chi connectivity index (χ4n) is 5.58. The SMILES string of the molecule is CCCCCCCCCCCCCCCCCCNNNc1nc(C(=O)c2ccccc2O)nc(C(=O)c2ccccc2O)n1.Nc1ccccc1. The van der Waals surface area contributed by atoms with E-state index >= 15 is 0 Å². The summed E-state index contributed by atoms with van der Waals surface area (Å²) < 4.78 is 0. The third-order valence-corrected chi connectivity index (χ3v) is 8.56. The molecule has 0 saturated heterocycles. The zero-order valence-corrected chi connectivity index (χ0v) is 30.7. The quantitative estimate of drug-likeness (QED) is 0.0177. The minimum Gasteiger partial charge on any atom is -0.507 e. The standard InChI is InChI=1S/C35H50N6O4.C6H7N/c1-2-3-4-5-6-7-8-9-10-11-12-13-14-15-16-21-26-36-41-40-35-38-33(31(44)27-22-17-19-24-29(27)42)37-34(39-35)32(45)28-23-18-20-25-30(28)43;7-6-4-2-1-3-5-6/h17-20,22-25,36,41-43H,2-16,21,26H2,1H3,(H,37,38,39,40);1-5H,7H2. The second-order valence-corrected chi connectivity index (χ2v) is 12.9. The molecule has 280 valence electrons. The summed E-state index contributed by atoms with van der Waals surface area (Å²) in [6.07, 6.45) is 21.0. The molecule has 0 aliphatic heterocycles. The van der Waals surface area contributed by atoms with Crippen molar-refractivity contribution in [3.63, 3.8) is 0 Å². The molecule has 4 rings (SSSR count). The molecule has 0 aliphatic carbocycles. The number of carbonyl (C=O) groups excluding carboxylic acids is 2. The summed E-state index contributed by atoms with van der Waals surface area (Å²) in [6, 6.07) is 21.5. The highest BCUT2D eigenvalue weighted by molar-refractivity contribution is 6.11. The summed E-state index contributed by atoms with van der Waals surface area (Å²) in [5.74, 6) is -2.53. The van der Waals surface area contributed by atoms with Crippen LogP contribution in [0.4, 0.5) is 11.6 Å². The number of nitrogen functional groups attached to an aromatic ring is 1. The van der Waals surface area contributed by atoms with E-state index in [0.29, 0.717) is 6.54 Å². The van der Waals surface area contributed by atoms with Crippen LogP contribution in [0.15, 0.2) is 78.9 Å². The summed E-state index contributed by atoms with van der Waals surface area (Å²) in [5, 5.41) is 20.3. The number of benzene rings is 3. The lowest BCUT2D eigenvalue weighted by atomic mass is 10.0. The number of hydrogen-bond donors (Lipinski definition) is 6. The van der Waals surface area contributed by atoms with E-state index in [1.807, 2.05) is 30.3 Å². The molecule has 11 nitrogen and oxygen atoms in total. The minimum absolute atomic E-state index is 0.00908. The number of para-hydroxylation sites is 3. The van der Waals surface area contributed by atoms with Gasteiger partial charge in [-0.3, -0.25) is 15.0 Å². The molecule has 0 amide bonds. The van der Waals surface area contributed by atoms with Crippen LogP contribution < -0.4 is 22.1 Å². The van der Waals surface area contributed by atoms with Gasteiger partial charge in [-0.25, -0.2) is 10.4 Å². The van der Waals surface area contributed by atoms with Crippen molar-refractivity contribution < 1.29 is 19.8 Å². The molecule has 7 N–H and O–H groups in total. The molecule has 11 heteroatoms. The number of nitrogens with one attached hydrogen (secondary N) is 3. The Bertz CT molecular complexity index is 1530. The normalized spacial score (nSPS) is 10.7. The number of carbonyl (C=O) groups is 2. The zero-order valence-electron chi connectivity index (χ0n) is 30.7. The Morgan fingerprint density at radius 2 is 0.962 bits per heavy atom. The number of rotatable bonds is 24. The van der Waals surface area contributed by atoms with Gasteiger partial charge in [0.2, 0.25) is 29.2 Å². The second-order valence-electron chi connectivity index (χ2n) is 12.9. The number of unbranched alkanes of at least 4 members (excludes halogenated alkanes) is 15. The van der Waals surface area contributed by atoms with Gasteiger partial charge in [-0.15, -0.1) is 0 Å². The van der Waals surface area contributed by atoms with E-state index in [9.17, 15) is 19.8 Å². The van der Waals surface area contributed by atoms with Crippen molar-refractivity contribution in [2.45, 2.75) is 110 Å². The van der Waals surface area contributed by atoms with Gasteiger partial charge in [0.05, 0.1) is 11.1 Å². The number of aromatic nitrogens is 3. The highest BCUT2D eigenvalue weighted by Gasteiger charge is 2.23. The molecule has 4 aromatic rings. The van der Waals surface area contributed by atoms with Crippen LogP contribution >= 0.6 is 0 Å². The maximum Gasteiger partial charge on any atom is 0.242 e. The second kappa shape index (κ2) is 25.1. The molecule has 0 atom stereocenters. The molecule has 0 bridgehead atoms. The predicted octanol–water partition coefficient (Wildman–Crippen LogP) is 8.70. The Labute approximate surface area is 308 Å². The number of hydrogen-bond acceptors (Lipinski definition) is 11. The zero-order chi connectivity index (χ0) is 37.2. The van der Waals surface area contributed by atoms with Gasteiger partial charge >= 0.3 is 0 Å². The van der Waals surface area contributed by atoms with Gasteiger partial charge in [0, 0.05) is 12.2 Å². The molecule has 1 aromatic heterocycles. The number of ketones is 2. The molecule has 1 heterocycles. The molecule has 3 aromatic carbocycles. The number of phenolic OH excluding ortho intramolecular Hbond substituents is 2. The van der Waals surface area contributed by atoms with E-state index in [0.717, 1.165) is 18.5 Å². The maximum atomic E-state index is 13.1. The van der Waals surface area contributed by atoms with Crippen molar-refractivity contribution >= 4 is 23.2 Å². The topological polar surface area (TPSA) is 175 Å². The first-order valence-electron chi connectivity index (χ1n) is 18.9. The fourth-order valence-corrected chi connectivity index (χ4v) is 5.58. The maximum absolute atomic E-state index is 13.1. The summed E-state index contributed by atoms with van der Waals surface area (Å²) in [5.41, 5.74) is 14.8. The number of hydrazine groups is 2. The lowest BCUT2D eigenvalue weighted by Crippen LogP contribution is -2.38. The van der Waals surface area contributed by atoms with Crippen molar-refractivity contribution in [2.24, 2.45) is 0 Å². The van der Waals surface area contributed by atoms with Crippen molar-refractivity contribution in [3.05, 3.63) is 102 Å². The lowest BCUT2D eigenvalue weighted by Gasteiger charge is -2.11. The van der Waals surface area contributed by atoms with Crippen LogP contribution in [-0.4, -0.2) is 43.3 Å². The monoisotopic (exact) mass is 711 g/mol. The Morgan fingerprint density at radius 1 is 0.558 bits per heavy atom. The molecular weight excluding hydrogens is 654 g/mol. The van der Waals surface area contributed by atoms with Gasteiger partial charge < -0.3 is 15.9 Å². The Hall–Kier alpha value is -4.87. The van der Waals surface area contributed by atoms with Crippen LogP contribution in [0.3, 0.4) is 0 Å². The van der Waals surface area contributed by atoms with E-state index in [4.69, 9.17) is 5.73 Å². The third kappa shape index (κ3) is 16.0. The Balaban J connectivity index is 0.000000927. The van der Waals surface area contributed by atoms with Gasteiger partial charge in [0.15, 0.2) is 0 Å². The number of aromatic hydroxyl groups is 2. The summed E-state index contributed by atoms with van der Waals surface area (Å²) in [6.45, 7) is 2.96. The van der Waals surface area contributed by atoms with Gasteiger partial charge in [-0.1, -0.05) is 146 Å². The molecule has 0 aliphatic rings. The smallest absolute Gasteiger partial charge is 0.242 e. The van der Waals surface area contributed by atoms with Gasteiger partial charge in [0.1, 0.15) is 11.5 Å². The van der Waals surface area contributed by atoms with Crippen molar-refractivity contribution in [1.29, 1.82) is 0 Å². The summed E-state index contributed by atoms with van der Waals surface area (Å²) in [7, 11) is 0. The van der Waals surface area contributed by atoms with E-state index in [2.05, 4.69) is 38.3 Å². The average molecular weight is 712 g/mol. The highest BCUT2D eigenvalue weighted by atomic mass is 16.3. The predicted molar refractivity (Wildman–Crippen MR) is 208 cm³/mol.